The van der Waals surface area contributed by atoms with Crippen LogP contribution < -0.4 is 10.8 Å². The fraction of sp³-hybridized carbons (Fsp3) is 0.273. The number of nitrogens with zero attached hydrogens (tertiary/aromatic N) is 2. The fourth-order valence-electron chi connectivity index (χ4n) is 1.78. The van der Waals surface area contributed by atoms with Gasteiger partial charge < -0.3 is 5.32 Å². The van der Waals surface area contributed by atoms with Gasteiger partial charge in [0.15, 0.2) is 0 Å². The minimum Gasteiger partial charge on any atom is -0.359 e. The van der Waals surface area contributed by atoms with E-state index in [1.54, 1.807) is 11.5 Å². The SMILES string of the molecule is CCc1c(NCC(=O)NO)nc2cccc(Cl)n12. The molecule has 2 heterocycles. The Morgan fingerprint density at radius 2 is 2.33 bits per heavy atom. The smallest absolute Gasteiger partial charge is 0.262 e. The topological polar surface area (TPSA) is 78.7 Å². The van der Waals surface area contributed by atoms with Crippen LogP contribution in [0.3, 0.4) is 0 Å². The van der Waals surface area contributed by atoms with Crippen LogP contribution in [0.25, 0.3) is 5.65 Å². The summed E-state index contributed by atoms with van der Waals surface area (Å²) >= 11 is 6.12. The molecule has 1 amide bonds. The Kier molecular flexibility index (Phi) is 3.69. The largest absolute Gasteiger partial charge is 0.359 e. The molecule has 0 saturated heterocycles. The van der Waals surface area contributed by atoms with Gasteiger partial charge in [0.25, 0.3) is 5.91 Å². The third-order valence-electron chi connectivity index (χ3n) is 2.57. The maximum Gasteiger partial charge on any atom is 0.262 e. The second-order valence-corrected chi connectivity index (χ2v) is 4.08. The number of hydroxylamine groups is 1. The zero-order chi connectivity index (χ0) is 13.1. The van der Waals surface area contributed by atoms with Crippen molar-refractivity contribution < 1.29 is 10.0 Å². The van der Waals surface area contributed by atoms with Crippen molar-refractivity contribution in [2.75, 3.05) is 11.9 Å². The summed E-state index contributed by atoms with van der Waals surface area (Å²) < 4.78 is 1.82. The number of hydrogen-bond acceptors (Lipinski definition) is 4. The van der Waals surface area contributed by atoms with E-state index in [1.165, 1.54) is 0 Å². The lowest BCUT2D eigenvalue weighted by atomic mass is 10.3. The molecule has 0 radical (unpaired) electrons. The second kappa shape index (κ2) is 5.24. The zero-order valence-corrected chi connectivity index (χ0v) is 10.5. The summed E-state index contributed by atoms with van der Waals surface area (Å²) in [4.78, 5) is 15.3. The maximum absolute atomic E-state index is 11.0. The van der Waals surface area contributed by atoms with Gasteiger partial charge in [-0.15, -0.1) is 0 Å². The summed E-state index contributed by atoms with van der Waals surface area (Å²) in [5, 5.41) is 11.9. The van der Waals surface area contributed by atoms with Gasteiger partial charge in [-0.05, 0) is 18.6 Å². The summed E-state index contributed by atoms with van der Waals surface area (Å²) in [5.74, 6) is 0.0643. The van der Waals surface area contributed by atoms with Crippen LogP contribution in [0.2, 0.25) is 5.15 Å². The molecule has 6 nitrogen and oxygen atoms in total. The van der Waals surface area contributed by atoms with E-state index in [0.717, 1.165) is 5.69 Å². The number of carbonyl (C=O) groups excluding carboxylic acids is 1. The Bertz CT molecular complexity index is 582. The number of halogens is 1. The predicted molar refractivity (Wildman–Crippen MR) is 68.0 cm³/mol. The van der Waals surface area contributed by atoms with Crippen molar-refractivity contribution in [3.8, 4) is 0 Å². The molecule has 3 N–H and O–H groups in total. The Morgan fingerprint density at radius 3 is 3.00 bits per heavy atom. The Balaban J connectivity index is 2.38. The van der Waals surface area contributed by atoms with Gasteiger partial charge in [-0.3, -0.25) is 14.4 Å². The third-order valence-corrected chi connectivity index (χ3v) is 2.86. The Morgan fingerprint density at radius 1 is 1.56 bits per heavy atom. The van der Waals surface area contributed by atoms with Crippen molar-refractivity contribution in [1.29, 1.82) is 0 Å². The van der Waals surface area contributed by atoms with Crippen molar-refractivity contribution in [2.24, 2.45) is 0 Å². The molecule has 0 aliphatic heterocycles. The fourth-order valence-corrected chi connectivity index (χ4v) is 2.04. The minimum absolute atomic E-state index is 0.0506. The number of rotatable bonds is 4. The monoisotopic (exact) mass is 268 g/mol. The molecule has 0 aliphatic rings. The van der Waals surface area contributed by atoms with Crippen LogP contribution in [0.5, 0.6) is 0 Å². The first-order valence-electron chi connectivity index (χ1n) is 5.50. The van der Waals surface area contributed by atoms with Crippen molar-refractivity contribution in [3.05, 3.63) is 29.0 Å². The average molecular weight is 269 g/mol. The molecule has 0 atom stereocenters. The molecule has 0 bridgehead atoms. The summed E-state index contributed by atoms with van der Waals surface area (Å²) in [6.07, 6.45) is 0.716. The number of amides is 1. The first-order chi connectivity index (χ1) is 8.67. The molecule has 0 aromatic carbocycles. The minimum atomic E-state index is -0.528. The number of aromatic nitrogens is 2. The molecule has 0 unspecified atom stereocenters. The molecule has 2 aromatic heterocycles. The first-order valence-corrected chi connectivity index (χ1v) is 5.87. The number of carbonyl (C=O) groups is 1. The molecular formula is C11H13ClN4O2. The van der Waals surface area contributed by atoms with Gasteiger partial charge in [-0.1, -0.05) is 24.6 Å². The lowest BCUT2D eigenvalue weighted by Gasteiger charge is -2.05. The Hall–Kier alpha value is -1.79. The molecule has 96 valence electrons. The number of pyridine rings is 1. The molecule has 0 aliphatic carbocycles. The van der Waals surface area contributed by atoms with Crippen LogP contribution in [0.4, 0.5) is 5.82 Å². The zero-order valence-electron chi connectivity index (χ0n) is 9.77. The maximum atomic E-state index is 11.0. The van der Waals surface area contributed by atoms with Gasteiger partial charge in [0.1, 0.15) is 16.6 Å². The van der Waals surface area contributed by atoms with Crippen molar-refractivity contribution in [3.63, 3.8) is 0 Å². The van der Waals surface area contributed by atoms with Gasteiger partial charge in [0.2, 0.25) is 0 Å². The molecule has 0 fully saturated rings. The molecular weight excluding hydrogens is 256 g/mol. The van der Waals surface area contributed by atoms with E-state index in [2.05, 4.69) is 10.3 Å². The summed E-state index contributed by atoms with van der Waals surface area (Å²) in [7, 11) is 0. The molecule has 0 spiro atoms. The van der Waals surface area contributed by atoms with Crippen LogP contribution in [-0.2, 0) is 11.2 Å². The highest BCUT2D eigenvalue weighted by atomic mass is 35.5. The lowest BCUT2D eigenvalue weighted by molar-refractivity contribution is -0.127. The van der Waals surface area contributed by atoms with E-state index in [9.17, 15) is 4.79 Å². The van der Waals surface area contributed by atoms with Gasteiger partial charge in [-0.25, -0.2) is 10.5 Å². The second-order valence-electron chi connectivity index (χ2n) is 3.69. The predicted octanol–water partition coefficient (Wildman–Crippen LogP) is 1.47. The molecule has 0 saturated carbocycles. The van der Waals surface area contributed by atoms with Gasteiger partial charge in [0.05, 0.1) is 12.2 Å². The van der Waals surface area contributed by atoms with Gasteiger partial charge >= 0.3 is 0 Å². The quantitative estimate of drug-likeness (QED) is 0.446. The molecule has 2 aromatic rings. The number of fused-ring (bicyclic) bond motifs is 1. The van der Waals surface area contributed by atoms with E-state index in [1.807, 2.05) is 23.5 Å². The van der Waals surface area contributed by atoms with Crippen molar-refractivity contribution in [1.82, 2.24) is 14.9 Å². The molecule has 7 heteroatoms. The van der Waals surface area contributed by atoms with Crippen LogP contribution in [0.1, 0.15) is 12.6 Å². The number of hydrogen-bond donors (Lipinski definition) is 3. The standard InChI is InChI=1S/C11H13ClN4O2/c1-2-7-11(13-6-10(17)15-18)14-9-5-3-4-8(12)16(7)9/h3-5,13,18H,2,6H2,1H3,(H,15,17). The van der Waals surface area contributed by atoms with Crippen LogP contribution in [-0.4, -0.2) is 27.0 Å². The van der Waals surface area contributed by atoms with Crippen LogP contribution in [0.15, 0.2) is 18.2 Å². The van der Waals surface area contributed by atoms with E-state index < -0.39 is 5.91 Å². The highest BCUT2D eigenvalue weighted by Gasteiger charge is 2.13. The van der Waals surface area contributed by atoms with Crippen molar-refractivity contribution in [2.45, 2.75) is 13.3 Å². The molecule has 2 rings (SSSR count). The average Bonchev–Trinajstić information content (AvgIpc) is 2.74. The van der Waals surface area contributed by atoms with Crippen LogP contribution >= 0.6 is 11.6 Å². The Labute approximate surface area is 109 Å². The van der Waals surface area contributed by atoms with E-state index in [-0.39, 0.29) is 6.54 Å². The number of imidazole rings is 1. The lowest BCUT2D eigenvalue weighted by Crippen LogP contribution is -2.27. The van der Waals surface area contributed by atoms with E-state index in [0.29, 0.717) is 23.0 Å². The number of nitrogens with one attached hydrogen (secondary N) is 2. The molecule has 18 heavy (non-hydrogen) atoms. The summed E-state index contributed by atoms with van der Waals surface area (Å²) in [6.45, 7) is 1.93. The van der Waals surface area contributed by atoms with E-state index in [4.69, 9.17) is 16.8 Å². The first kappa shape index (κ1) is 12.7. The third kappa shape index (κ3) is 2.25. The number of aryl methyl sites for hydroxylation is 1. The summed E-state index contributed by atoms with van der Waals surface area (Å²) in [6, 6.07) is 5.43. The van der Waals surface area contributed by atoms with Gasteiger partial charge in [0, 0.05) is 0 Å². The summed E-state index contributed by atoms with van der Waals surface area (Å²) in [5.41, 5.74) is 3.16. The highest BCUT2D eigenvalue weighted by Crippen LogP contribution is 2.22. The van der Waals surface area contributed by atoms with E-state index >= 15 is 0 Å². The van der Waals surface area contributed by atoms with Crippen LogP contribution in [0, 0.1) is 0 Å². The highest BCUT2D eigenvalue weighted by molar-refractivity contribution is 6.29. The van der Waals surface area contributed by atoms with Crippen molar-refractivity contribution >= 4 is 29.0 Å². The normalized spacial score (nSPS) is 10.6. The van der Waals surface area contributed by atoms with Gasteiger partial charge in [-0.2, -0.15) is 0 Å². The number of anilines is 1.